The van der Waals surface area contributed by atoms with Crippen LogP contribution in [0.25, 0.3) is 5.69 Å². The lowest BCUT2D eigenvalue weighted by atomic mass is 10.2. The summed E-state index contributed by atoms with van der Waals surface area (Å²) in [7, 11) is 0. The van der Waals surface area contributed by atoms with Gasteiger partial charge in [0.2, 0.25) is 0 Å². The molecule has 2 aromatic rings. The van der Waals surface area contributed by atoms with Crippen LogP contribution in [-0.4, -0.2) is 21.5 Å². The summed E-state index contributed by atoms with van der Waals surface area (Å²) < 4.78 is 2.91. The molecule has 2 rings (SSSR count). The van der Waals surface area contributed by atoms with Gasteiger partial charge in [-0.3, -0.25) is 0 Å². The Labute approximate surface area is 122 Å². The Balaban J connectivity index is 2.10. The van der Waals surface area contributed by atoms with E-state index in [1.54, 1.807) is 0 Å². The highest BCUT2D eigenvalue weighted by atomic mass is 79.9. The van der Waals surface area contributed by atoms with Crippen LogP contribution in [0.1, 0.15) is 25.1 Å². The van der Waals surface area contributed by atoms with Crippen LogP contribution in [0.2, 0.25) is 0 Å². The van der Waals surface area contributed by atoms with Gasteiger partial charge in [0.25, 0.3) is 0 Å². The van der Waals surface area contributed by atoms with Gasteiger partial charge in [-0.25, -0.2) is 4.68 Å². The Kier molecular flexibility index (Phi) is 4.71. The molecule has 1 aromatic carbocycles. The smallest absolute Gasteiger partial charge is 0.0969 e. The molecule has 0 amide bonds. The summed E-state index contributed by atoms with van der Waals surface area (Å²) in [4.78, 5) is 0. The third-order valence-electron chi connectivity index (χ3n) is 2.89. The van der Waals surface area contributed by atoms with E-state index in [0.29, 0.717) is 5.92 Å². The molecule has 0 saturated heterocycles. The monoisotopic (exact) mass is 322 g/mol. The van der Waals surface area contributed by atoms with Crippen molar-refractivity contribution in [2.45, 2.75) is 27.3 Å². The van der Waals surface area contributed by atoms with Gasteiger partial charge in [-0.05, 0) is 37.1 Å². The number of hydrogen-bond donors (Lipinski definition) is 1. The van der Waals surface area contributed by atoms with Gasteiger partial charge in [-0.2, -0.15) is 0 Å². The molecule has 0 atom stereocenters. The number of nitrogens with zero attached hydrogens (tertiary/aromatic N) is 3. The van der Waals surface area contributed by atoms with E-state index in [1.807, 2.05) is 29.1 Å². The molecular weight excluding hydrogens is 304 g/mol. The van der Waals surface area contributed by atoms with Crippen LogP contribution in [-0.2, 0) is 6.54 Å². The lowest BCUT2D eigenvalue weighted by molar-refractivity contribution is 0.548. The second-order valence-corrected chi connectivity index (χ2v) is 5.92. The molecule has 0 aliphatic heterocycles. The minimum Gasteiger partial charge on any atom is -0.311 e. The molecule has 1 N–H and O–H groups in total. The van der Waals surface area contributed by atoms with Crippen LogP contribution in [0.5, 0.6) is 0 Å². The summed E-state index contributed by atoms with van der Waals surface area (Å²) in [6, 6.07) is 6.08. The van der Waals surface area contributed by atoms with E-state index in [-0.39, 0.29) is 0 Å². The van der Waals surface area contributed by atoms with E-state index in [9.17, 15) is 0 Å². The highest BCUT2D eigenvalue weighted by molar-refractivity contribution is 9.10. The third-order valence-corrected chi connectivity index (χ3v) is 3.74. The number of nitrogens with one attached hydrogen (secondary N) is 1. The topological polar surface area (TPSA) is 42.7 Å². The van der Waals surface area contributed by atoms with Gasteiger partial charge in [-0.1, -0.05) is 41.1 Å². The summed E-state index contributed by atoms with van der Waals surface area (Å²) in [5.74, 6) is 0.641. The van der Waals surface area contributed by atoms with Gasteiger partial charge in [0.1, 0.15) is 0 Å². The summed E-state index contributed by atoms with van der Waals surface area (Å²) in [6.45, 7) is 8.19. The molecular formula is C14H19BrN4. The van der Waals surface area contributed by atoms with Gasteiger partial charge in [0.15, 0.2) is 0 Å². The SMILES string of the molecule is Cc1c(Br)cccc1-n1cc(CNCC(C)C)nn1. The molecule has 19 heavy (non-hydrogen) atoms. The Morgan fingerprint density at radius 3 is 2.89 bits per heavy atom. The summed E-state index contributed by atoms with van der Waals surface area (Å²) >= 11 is 3.53. The largest absolute Gasteiger partial charge is 0.311 e. The van der Waals surface area contributed by atoms with Crippen molar-refractivity contribution in [1.29, 1.82) is 0 Å². The lowest BCUT2D eigenvalue weighted by Gasteiger charge is -2.06. The Bertz CT molecular complexity index is 548. The third kappa shape index (κ3) is 3.64. The van der Waals surface area contributed by atoms with Crippen molar-refractivity contribution < 1.29 is 0 Å². The van der Waals surface area contributed by atoms with Crippen molar-refractivity contribution in [3.63, 3.8) is 0 Å². The number of aromatic nitrogens is 3. The maximum absolute atomic E-state index is 4.20. The fourth-order valence-corrected chi connectivity index (χ4v) is 2.19. The average Bonchev–Trinajstić information content (AvgIpc) is 2.81. The van der Waals surface area contributed by atoms with Crippen molar-refractivity contribution in [1.82, 2.24) is 20.3 Å². The van der Waals surface area contributed by atoms with Crippen LogP contribution in [0.3, 0.4) is 0 Å². The molecule has 0 aliphatic carbocycles. The summed E-state index contributed by atoms with van der Waals surface area (Å²) in [6.07, 6.45) is 1.97. The molecule has 1 aromatic heterocycles. The number of rotatable bonds is 5. The zero-order valence-corrected chi connectivity index (χ0v) is 13.1. The Morgan fingerprint density at radius 2 is 2.16 bits per heavy atom. The molecule has 1 heterocycles. The maximum Gasteiger partial charge on any atom is 0.0969 e. The Hall–Kier alpha value is -1.20. The van der Waals surface area contributed by atoms with E-state index in [2.05, 4.69) is 52.3 Å². The van der Waals surface area contributed by atoms with E-state index in [1.165, 1.54) is 0 Å². The number of halogens is 1. The molecule has 5 heteroatoms. The van der Waals surface area contributed by atoms with Gasteiger partial charge in [0.05, 0.1) is 17.6 Å². The van der Waals surface area contributed by atoms with Crippen LogP contribution >= 0.6 is 15.9 Å². The highest BCUT2D eigenvalue weighted by Gasteiger charge is 2.07. The molecule has 0 aliphatic rings. The molecule has 4 nitrogen and oxygen atoms in total. The standard InChI is InChI=1S/C14H19BrN4/c1-10(2)7-16-8-12-9-19(18-17-12)14-6-4-5-13(15)11(14)3/h4-6,9-10,16H,7-8H2,1-3H3. The van der Waals surface area contributed by atoms with E-state index in [4.69, 9.17) is 0 Å². The number of benzene rings is 1. The molecule has 0 spiro atoms. The van der Waals surface area contributed by atoms with Crippen molar-refractivity contribution in [3.8, 4) is 5.69 Å². The van der Waals surface area contributed by atoms with Crippen LogP contribution < -0.4 is 5.32 Å². The first-order valence-corrected chi connectivity index (χ1v) is 7.24. The lowest BCUT2D eigenvalue weighted by Crippen LogP contribution is -2.19. The van der Waals surface area contributed by atoms with Crippen molar-refractivity contribution in [3.05, 3.63) is 40.1 Å². The Morgan fingerprint density at radius 1 is 1.37 bits per heavy atom. The first kappa shape index (κ1) is 14.2. The molecule has 0 saturated carbocycles. The van der Waals surface area contributed by atoms with Crippen LogP contribution in [0.15, 0.2) is 28.9 Å². The predicted molar refractivity (Wildman–Crippen MR) is 80.3 cm³/mol. The first-order chi connectivity index (χ1) is 9.08. The van der Waals surface area contributed by atoms with Crippen molar-refractivity contribution >= 4 is 15.9 Å². The predicted octanol–water partition coefficient (Wildman–Crippen LogP) is 3.08. The van der Waals surface area contributed by atoms with E-state index < -0.39 is 0 Å². The molecule has 0 radical (unpaired) electrons. The zero-order valence-electron chi connectivity index (χ0n) is 11.5. The highest BCUT2D eigenvalue weighted by Crippen LogP contribution is 2.21. The van der Waals surface area contributed by atoms with E-state index in [0.717, 1.165) is 34.5 Å². The molecule has 0 bridgehead atoms. The van der Waals surface area contributed by atoms with Crippen molar-refractivity contribution in [2.75, 3.05) is 6.54 Å². The fraction of sp³-hybridized carbons (Fsp3) is 0.429. The minimum atomic E-state index is 0.641. The van der Waals surface area contributed by atoms with Gasteiger partial charge in [-0.15, -0.1) is 5.10 Å². The summed E-state index contributed by atoms with van der Waals surface area (Å²) in [5, 5.41) is 11.8. The van der Waals surface area contributed by atoms with Gasteiger partial charge >= 0.3 is 0 Å². The van der Waals surface area contributed by atoms with Gasteiger partial charge < -0.3 is 5.32 Å². The molecule has 102 valence electrons. The van der Waals surface area contributed by atoms with Crippen LogP contribution in [0.4, 0.5) is 0 Å². The first-order valence-electron chi connectivity index (χ1n) is 6.45. The molecule has 0 unspecified atom stereocenters. The normalized spacial score (nSPS) is 11.2. The summed E-state index contributed by atoms with van der Waals surface area (Å²) in [5.41, 5.74) is 3.17. The van der Waals surface area contributed by atoms with E-state index >= 15 is 0 Å². The fourth-order valence-electron chi connectivity index (χ4n) is 1.83. The zero-order chi connectivity index (χ0) is 13.8. The van der Waals surface area contributed by atoms with Crippen molar-refractivity contribution in [2.24, 2.45) is 5.92 Å². The second-order valence-electron chi connectivity index (χ2n) is 5.06. The van der Waals surface area contributed by atoms with Crippen LogP contribution in [0, 0.1) is 12.8 Å². The minimum absolute atomic E-state index is 0.641. The quantitative estimate of drug-likeness (QED) is 0.919. The second kappa shape index (κ2) is 6.30. The number of hydrogen-bond acceptors (Lipinski definition) is 3. The molecule has 0 fully saturated rings. The maximum atomic E-state index is 4.20. The average molecular weight is 323 g/mol. The van der Waals surface area contributed by atoms with Gasteiger partial charge in [0, 0.05) is 11.0 Å².